The highest BCUT2D eigenvalue weighted by Crippen LogP contribution is 2.30. The molecule has 0 aromatic rings. The number of nitrogens with zero attached hydrogens (tertiary/aromatic N) is 1. The Kier molecular flexibility index (Phi) is 3.12. The molecule has 1 N–H and O–H groups in total. The number of amides is 2. The minimum atomic E-state index is -0.553. The van der Waals surface area contributed by atoms with Crippen LogP contribution in [0.25, 0.3) is 0 Å². The molecule has 2 heterocycles. The van der Waals surface area contributed by atoms with Crippen molar-refractivity contribution in [3.63, 3.8) is 0 Å². The van der Waals surface area contributed by atoms with E-state index in [1.54, 1.807) is 0 Å². The molecule has 0 saturated carbocycles. The third-order valence-corrected chi connectivity index (χ3v) is 3.19. The molecule has 2 rings (SSSR count). The van der Waals surface area contributed by atoms with Crippen molar-refractivity contribution >= 4 is 12.0 Å². The minimum Gasteiger partial charge on any atom is -0.443 e. The molecule has 2 aliphatic rings. The molecule has 0 radical (unpaired) electrons. The Bertz CT molecular complexity index is 335. The molecule has 0 aromatic carbocycles. The van der Waals surface area contributed by atoms with Gasteiger partial charge in [-0.05, 0) is 33.7 Å². The first kappa shape index (κ1) is 12.4. The lowest BCUT2D eigenvalue weighted by molar-refractivity contribution is -0.128. The number of likely N-dealkylation sites (tertiary alicyclic amines) is 1. The van der Waals surface area contributed by atoms with Crippen LogP contribution in [0.3, 0.4) is 0 Å². The Morgan fingerprint density at radius 3 is 2.82 bits per heavy atom. The molecule has 0 spiro atoms. The molecule has 2 atom stereocenters. The highest BCUT2D eigenvalue weighted by molar-refractivity contribution is 5.94. The van der Waals surface area contributed by atoms with E-state index in [1.807, 2.05) is 20.8 Å². The first-order chi connectivity index (χ1) is 7.88. The smallest absolute Gasteiger partial charge is 0.417 e. The predicted molar refractivity (Wildman–Crippen MR) is 62.5 cm³/mol. The van der Waals surface area contributed by atoms with E-state index in [2.05, 4.69) is 5.32 Å². The Balaban J connectivity index is 2.09. The summed E-state index contributed by atoms with van der Waals surface area (Å²) in [7, 11) is 0. The Morgan fingerprint density at radius 2 is 2.18 bits per heavy atom. The zero-order valence-electron chi connectivity index (χ0n) is 10.7. The molecule has 5 heteroatoms. The van der Waals surface area contributed by atoms with Gasteiger partial charge >= 0.3 is 6.09 Å². The number of imide groups is 1. The van der Waals surface area contributed by atoms with Crippen LogP contribution in [0.1, 0.15) is 33.6 Å². The molecule has 2 fully saturated rings. The average molecular weight is 240 g/mol. The van der Waals surface area contributed by atoms with Gasteiger partial charge in [0, 0.05) is 24.9 Å². The molecule has 5 nitrogen and oxygen atoms in total. The second kappa shape index (κ2) is 4.29. The molecule has 0 bridgehead atoms. The van der Waals surface area contributed by atoms with Crippen LogP contribution >= 0.6 is 0 Å². The van der Waals surface area contributed by atoms with E-state index in [0.29, 0.717) is 6.42 Å². The number of hydrogen-bond acceptors (Lipinski definition) is 4. The summed E-state index contributed by atoms with van der Waals surface area (Å²) in [5, 5.41) is 3.25. The van der Waals surface area contributed by atoms with Gasteiger partial charge in [-0.1, -0.05) is 0 Å². The first-order valence-corrected chi connectivity index (χ1v) is 6.14. The quantitative estimate of drug-likeness (QED) is 0.689. The number of carbonyl (C=O) groups is 2. The maximum Gasteiger partial charge on any atom is 0.417 e. The fraction of sp³-hybridized carbons (Fsp3) is 0.833. The summed E-state index contributed by atoms with van der Waals surface area (Å²) in [5.74, 6) is 0.154. The Morgan fingerprint density at radius 1 is 1.47 bits per heavy atom. The van der Waals surface area contributed by atoms with Crippen LogP contribution in [0.5, 0.6) is 0 Å². The number of fused-ring (bicyclic) bond motifs is 1. The second-order valence-corrected chi connectivity index (χ2v) is 5.77. The minimum absolute atomic E-state index is 0.0265. The largest absolute Gasteiger partial charge is 0.443 e. The third kappa shape index (κ3) is 2.60. The van der Waals surface area contributed by atoms with Crippen LogP contribution in [0.15, 0.2) is 0 Å². The van der Waals surface area contributed by atoms with E-state index >= 15 is 0 Å². The van der Waals surface area contributed by atoms with Gasteiger partial charge in [0.25, 0.3) is 0 Å². The van der Waals surface area contributed by atoms with Crippen LogP contribution in [-0.2, 0) is 9.53 Å². The molecule has 0 unspecified atom stereocenters. The maximum atomic E-state index is 12.0. The van der Waals surface area contributed by atoms with E-state index in [9.17, 15) is 9.59 Å². The normalized spacial score (nSPS) is 29.1. The van der Waals surface area contributed by atoms with Crippen molar-refractivity contribution in [3.8, 4) is 0 Å². The van der Waals surface area contributed by atoms with Gasteiger partial charge in [-0.25, -0.2) is 9.69 Å². The lowest BCUT2D eigenvalue weighted by Crippen LogP contribution is -2.48. The zero-order valence-corrected chi connectivity index (χ0v) is 10.7. The monoisotopic (exact) mass is 240 g/mol. The van der Waals surface area contributed by atoms with E-state index in [1.165, 1.54) is 4.90 Å². The maximum absolute atomic E-state index is 12.0. The van der Waals surface area contributed by atoms with Crippen LogP contribution in [-0.4, -0.2) is 41.6 Å². The highest BCUT2D eigenvalue weighted by atomic mass is 16.6. The second-order valence-electron chi connectivity index (χ2n) is 5.77. The average Bonchev–Trinajstić information content (AvgIpc) is 2.50. The van der Waals surface area contributed by atoms with Crippen LogP contribution in [0.4, 0.5) is 4.79 Å². The third-order valence-electron chi connectivity index (χ3n) is 3.19. The lowest BCUT2D eigenvalue weighted by Gasteiger charge is -2.32. The summed E-state index contributed by atoms with van der Waals surface area (Å²) in [6.45, 7) is 7.10. The number of carbonyl (C=O) groups excluding carboxylic acids is 2. The van der Waals surface area contributed by atoms with E-state index < -0.39 is 11.7 Å². The SMILES string of the molecule is CC(C)(C)OC(=O)N1C(=O)C[C@@H]2CNCC[C@H]21. The number of nitrogens with one attached hydrogen (secondary N) is 1. The molecule has 2 aliphatic heterocycles. The summed E-state index contributed by atoms with van der Waals surface area (Å²) < 4.78 is 5.29. The van der Waals surface area contributed by atoms with Crippen molar-refractivity contribution in [1.29, 1.82) is 0 Å². The standard InChI is InChI=1S/C12H20N2O3/c1-12(2,3)17-11(16)14-9-4-5-13-7-8(9)6-10(14)15/h8-9,13H,4-7H2,1-3H3/t8-,9-/m1/s1. The predicted octanol–water partition coefficient (Wildman–Crippen LogP) is 1.13. The zero-order chi connectivity index (χ0) is 12.6. The molecular formula is C12H20N2O3. The van der Waals surface area contributed by atoms with Crippen LogP contribution < -0.4 is 5.32 Å². The summed E-state index contributed by atoms with van der Waals surface area (Å²) in [6.07, 6.45) is 0.795. The number of rotatable bonds is 0. The summed E-state index contributed by atoms with van der Waals surface area (Å²) in [6, 6.07) is 0.0265. The van der Waals surface area contributed by atoms with Gasteiger partial charge in [-0.3, -0.25) is 4.79 Å². The number of hydrogen-bond donors (Lipinski definition) is 1. The van der Waals surface area contributed by atoms with Gasteiger partial charge in [-0.2, -0.15) is 0 Å². The molecule has 96 valence electrons. The van der Waals surface area contributed by atoms with E-state index in [-0.39, 0.29) is 17.9 Å². The fourth-order valence-electron chi connectivity index (χ4n) is 2.51. The number of piperidine rings is 1. The summed E-state index contributed by atoms with van der Waals surface area (Å²) >= 11 is 0. The van der Waals surface area contributed by atoms with Crippen molar-refractivity contribution in [1.82, 2.24) is 10.2 Å². The van der Waals surface area contributed by atoms with Gasteiger partial charge < -0.3 is 10.1 Å². The summed E-state index contributed by atoms with van der Waals surface area (Å²) in [5.41, 5.74) is -0.553. The van der Waals surface area contributed by atoms with Crippen molar-refractivity contribution < 1.29 is 14.3 Å². The van der Waals surface area contributed by atoms with Crippen molar-refractivity contribution in [2.75, 3.05) is 13.1 Å². The number of ether oxygens (including phenoxy) is 1. The molecular weight excluding hydrogens is 220 g/mol. The van der Waals surface area contributed by atoms with E-state index in [0.717, 1.165) is 19.5 Å². The Hall–Kier alpha value is -1.10. The van der Waals surface area contributed by atoms with E-state index in [4.69, 9.17) is 4.74 Å². The van der Waals surface area contributed by atoms with Gasteiger partial charge in [0.1, 0.15) is 5.60 Å². The summed E-state index contributed by atoms with van der Waals surface area (Å²) in [4.78, 5) is 25.2. The van der Waals surface area contributed by atoms with Gasteiger partial charge in [0.05, 0.1) is 0 Å². The molecule has 2 saturated heterocycles. The van der Waals surface area contributed by atoms with Crippen LogP contribution in [0.2, 0.25) is 0 Å². The molecule has 2 amide bonds. The van der Waals surface area contributed by atoms with Gasteiger partial charge in [0.2, 0.25) is 5.91 Å². The molecule has 0 aromatic heterocycles. The van der Waals surface area contributed by atoms with Gasteiger partial charge in [-0.15, -0.1) is 0 Å². The fourth-order valence-corrected chi connectivity index (χ4v) is 2.51. The molecule has 0 aliphatic carbocycles. The van der Waals surface area contributed by atoms with Crippen molar-refractivity contribution in [3.05, 3.63) is 0 Å². The van der Waals surface area contributed by atoms with Crippen LogP contribution in [0, 0.1) is 5.92 Å². The highest BCUT2D eigenvalue weighted by Gasteiger charge is 2.45. The van der Waals surface area contributed by atoms with Crippen molar-refractivity contribution in [2.24, 2.45) is 5.92 Å². The van der Waals surface area contributed by atoms with Gasteiger partial charge in [0.15, 0.2) is 0 Å². The lowest BCUT2D eigenvalue weighted by atomic mass is 9.94. The first-order valence-electron chi connectivity index (χ1n) is 6.14. The van der Waals surface area contributed by atoms with Crippen molar-refractivity contribution in [2.45, 2.75) is 45.3 Å². The Labute approximate surface area is 101 Å². The molecule has 17 heavy (non-hydrogen) atoms. The topological polar surface area (TPSA) is 58.6 Å².